The van der Waals surface area contributed by atoms with Crippen LogP contribution in [-0.4, -0.2) is 31.0 Å². The van der Waals surface area contributed by atoms with E-state index < -0.39 is 0 Å². The third-order valence-corrected chi connectivity index (χ3v) is 7.38. The second-order valence-electron chi connectivity index (χ2n) is 9.98. The van der Waals surface area contributed by atoms with Crippen molar-refractivity contribution in [3.8, 4) is 0 Å². The number of aromatic nitrogens is 3. The zero-order valence-electron chi connectivity index (χ0n) is 20.1. The summed E-state index contributed by atoms with van der Waals surface area (Å²) in [5, 5.41) is 13.4. The number of para-hydroxylation sites is 2. The molecule has 6 heteroatoms. The Balaban J connectivity index is 1.34. The Hall–Kier alpha value is -3.06. The van der Waals surface area contributed by atoms with Gasteiger partial charge in [-0.15, -0.1) is 0 Å². The van der Waals surface area contributed by atoms with Gasteiger partial charge in [0.15, 0.2) is 0 Å². The second-order valence-corrected chi connectivity index (χ2v) is 9.98. The van der Waals surface area contributed by atoms with Crippen LogP contribution in [0.2, 0.25) is 0 Å². The van der Waals surface area contributed by atoms with Crippen LogP contribution < -0.4 is 5.32 Å². The summed E-state index contributed by atoms with van der Waals surface area (Å²) in [7, 11) is 0. The lowest BCUT2D eigenvalue weighted by atomic mass is 9.90. The van der Waals surface area contributed by atoms with Crippen molar-refractivity contribution < 1.29 is 5.11 Å². The van der Waals surface area contributed by atoms with Gasteiger partial charge < -0.3 is 15.4 Å². The van der Waals surface area contributed by atoms with Gasteiger partial charge in [-0.05, 0) is 72.6 Å². The van der Waals surface area contributed by atoms with Gasteiger partial charge in [-0.25, -0.2) is 4.98 Å². The van der Waals surface area contributed by atoms with Crippen molar-refractivity contribution in [2.24, 2.45) is 0 Å². The Bertz CT molecular complexity index is 1280. The summed E-state index contributed by atoms with van der Waals surface area (Å²) in [4.78, 5) is 15.8. The molecule has 2 aliphatic rings. The SMILES string of the molecule is OCc1ccc(CN(Cc2nc3ccccc3[nH]2)C2CCCc3cccnc32)c(CNC2CC2)c1. The van der Waals surface area contributed by atoms with Crippen molar-refractivity contribution in [2.45, 2.75) is 70.4 Å². The quantitative estimate of drug-likeness (QED) is 0.330. The summed E-state index contributed by atoms with van der Waals surface area (Å²) >= 11 is 0. The monoisotopic (exact) mass is 467 g/mol. The number of H-pyrrole nitrogens is 1. The fraction of sp³-hybridized carbons (Fsp3) is 0.379. The lowest BCUT2D eigenvalue weighted by molar-refractivity contribution is 0.153. The van der Waals surface area contributed by atoms with Gasteiger partial charge in [-0.2, -0.15) is 0 Å². The number of aryl methyl sites for hydroxylation is 1. The van der Waals surface area contributed by atoms with E-state index in [1.807, 2.05) is 18.3 Å². The van der Waals surface area contributed by atoms with Gasteiger partial charge in [0, 0.05) is 25.3 Å². The molecule has 4 aromatic rings. The van der Waals surface area contributed by atoms with Crippen molar-refractivity contribution in [3.63, 3.8) is 0 Å². The molecule has 6 rings (SSSR count). The van der Waals surface area contributed by atoms with Crippen LogP contribution in [0.5, 0.6) is 0 Å². The van der Waals surface area contributed by atoms with Crippen LogP contribution in [0.25, 0.3) is 11.0 Å². The zero-order valence-corrected chi connectivity index (χ0v) is 20.1. The second kappa shape index (κ2) is 9.90. The molecule has 0 bridgehead atoms. The number of nitrogens with one attached hydrogen (secondary N) is 2. The smallest absolute Gasteiger partial charge is 0.121 e. The molecule has 1 unspecified atom stereocenters. The minimum Gasteiger partial charge on any atom is -0.392 e. The maximum Gasteiger partial charge on any atom is 0.121 e. The number of hydrogen-bond acceptors (Lipinski definition) is 5. The molecular formula is C29H33N5O. The molecule has 1 saturated carbocycles. The number of benzene rings is 2. The maximum absolute atomic E-state index is 9.75. The van der Waals surface area contributed by atoms with Gasteiger partial charge >= 0.3 is 0 Å². The topological polar surface area (TPSA) is 77.1 Å². The summed E-state index contributed by atoms with van der Waals surface area (Å²) in [5.41, 5.74) is 8.20. The summed E-state index contributed by atoms with van der Waals surface area (Å²) in [6.45, 7) is 2.45. The Morgan fingerprint density at radius 2 is 1.91 bits per heavy atom. The first kappa shape index (κ1) is 22.4. The lowest BCUT2D eigenvalue weighted by Crippen LogP contribution is -2.32. The Morgan fingerprint density at radius 3 is 2.77 bits per heavy atom. The van der Waals surface area contributed by atoms with E-state index in [2.05, 4.69) is 57.7 Å². The van der Waals surface area contributed by atoms with Crippen LogP contribution in [0.3, 0.4) is 0 Å². The van der Waals surface area contributed by atoms with Gasteiger partial charge in [-0.3, -0.25) is 9.88 Å². The average molecular weight is 468 g/mol. The molecule has 6 nitrogen and oxygen atoms in total. The van der Waals surface area contributed by atoms with Crippen LogP contribution in [0.15, 0.2) is 60.8 Å². The van der Waals surface area contributed by atoms with E-state index in [9.17, 15) is 5.11 Å². The third-order valence-electron chi connectivity index (χ3n) is 7.38. The summed E-state index contributed by atoms with van der Waals surface area (Å²) in [5.74, 6) is 0.985. The van der Waals surface area contributed by atoms with Crippen molar-refractivity contribution >= 4 is 11.0 Å². The molecule has 1 fully saturated rings. The summed E-state index contributed by atoms with van der Waals surface area (Å²) in [6.07, 6.45) is 7.81. The van der Waals surface area contributed by atoms with Crippen LogP contribution in [0, 0.1) is 0 Å². The predicted molar refractivity (Wildman–Crippen MR) is 137 cm³/mol. The van der Waals surface area contributed by atoms with Crippen molar-refractivity contribution in [2.75, 3.05) is 0 Å². The molecule has 1 atom stereocenters. The van der Waals surface area contributed by atoms with Crippen LogP contribution in [-0.2, 0) is 32.7 Å². The van der Waals surface area contributed by atoms with E-state index in [-0.39, 0.29) is 12.6 Å². The number of pyridine rings is 1. The molecule has 0 aliphatic heterocycles. The third kappa shape index (κ3) is 5.01. The molecule has 0 spiro atoms. The number of hydrogen-bond donors (Lipinski definition) is 3. The molecular weight excluding hydrogens is 434 g/mol. The highest BCUT2D eigenvalue weighted by Crippen LogP contribution is 2.35. The van der Waals surface area contributed by atoms with E-state index in [1.54, 1.807) is 0 Å². The van der Waals surface area contributed by atoms with Gasteiger partial charge in [0.05, 0.1) is 35.9 Å². The van der Waals surface area contributed by atoms with E-state index >= 15 is 0 Å². The average Bonchev–Trinajstić information content (AvgIpc) is 3.64. The van der Waals surface area contributed by atoms with E-state index in [4.69, 9.17) is 9.97 Å². The first-order valence-electron chi connectivity index (χ1n) is 12.8. The number of aromatic amines is 1. The first-order valence-corrected chi connectivity index (χ1v) is 12.8. The number of nitrogens with zero attached hydrogens (tertiary/aromatic N) is 3. The number of aliphatic hydroxyl groups is 1. The van der Waals surface area contributed by atoms with Crippen LogP contribution in [0.1, 0.15) is 65.5 Å². The van der Waals surface area contributed by atoms with Gasteiger partial charge in [-0.1, -0.05) is 36.4 Å². The number of rotatable bonds is 9. The fourth-order valence-electron chi connectivity index (χ4n) is 5.35. The van der Waals surface area contributed by atoms with Crippen molar-refractivity contribution in [1.29, 1.82) is 0 Å². The first-order chi connectivity index (χ1) is 17.3. The molecule has 2 aromatic carbocycles. The molecule has 2 aliphatic carbocycles. The normalized spacial score (nSPS) is 17.7. The zero-order chi connectivity index (χ0) is 23.6. The van der Waals surface area contributed by atoms with Crippen molar-refractivity contribution in [1.82, 2.24) is 25.2 Å². The number of imidazole rings is 1. The van der Waals surface area contributed by atoms with Crippen LogP contribution in [0.4, 0.5) is 0 Å². The van der Waals surface area contributed by atoms with Gasteiger partial charge in [0.25, 0.3) is 0 Å². The molecule has 0 radical (unpaired) electrons. The van der Waals surface area contributed by atoms with Gasteiger partial charge in [0.2, 0.25) is 0 Å². The fourth-order valence-corrected chi connectivity index (χ4v) is 5.35. The van der Waals surface area contributed by atoms with Crippen LogP contribution >= 0.6 is 0 Å². The molecule has 35 heavy (non-hydrogen) atoms. The minimum absolute atomic E-state index is 0.0688. The maximum atomic E-state index is 9.75. The molecule has 2 aromatic heterocycles. The summed E-state index contributed by atoms with van der Waals surface area (Å²) < 4.78 is 0. The number of fused-ring (bicyclic) bond motifs is 2. The highest BCUT2D eigenvalue weighted by molar-refractivity contribution is 5.74. The Morgan fingerprint density at radius 1 is 1.00 bits per heavy atom. The lowest BCUT2D eigenvalue weighted by Gasteiger charge is -2.35. The molecule has 2 heterocycles. The molecule has 3 N–H and O–H groups in total. The van der Waals surface area contributed by atoms with Crippen molar-refractivity contribution in [3.05, 3.63) is 94.6 Å². The predicted octanol–water partition coefficient (Wildman–Crippen LogP) is 4.78. The van der Waals surface area contributed by atoms with E-state index in [1.165, 1.54) is 41.6 Å². The van der Waals surface area contributed by atoms with E-state index in [0.29, 0.717) is 6.04 Å². The Kier molecular flexibility index (Phi) is 6.34. The minimum atomic E-state index is 0.0688. The highest BCUT2D eigenvalue weighted by atomic mass is 16.3. The molecule has 0 saturated heterocycles. The Labute approximate surface area is 206 Å². The number of aliphatic hydroxyl groups excluding tert-OH is 1. The standard InChI is InChI=1S/C29H33N5O/c35-19-20-10-11-22(23(15-20)16-31-24-12-13-24)17-34(18-28-32-25-7-1-2-8-26(25)33-28)27-9-3-5-21-6-4-14-30-29(21)27/h1-2,4,6-8,10-11,14-15,24,27,31,35H,3,5,9,12-13,16-19H2,(H,32,33). The highest BCUT2D eigenvalue weighted by Gasteiger charge is 2.29. The van der Waals surface area contributed by atoms with Gasteiger partial charge in [0.1, 0.15) is 5.82 Å². The summed E-state index contributed by atoms with van der Waals surface area (Å²) in [6, 6.07) is 19.8. The molecule has 180 valence electrons. The van der Waals surface area contributed by atoms with E-state index in [0.717, 1.165) is 54.9 Å². The molecule has 0 amide bonds. The largest absolute Gasteiger partial charge is 0.392 e.